The van der Waals surface area contributed by atoms with Crippen LogP contribution in [0.3, 0.4) is 0 Å². The van der Waals surface area contributed by atoms with Gasteiger partial charge in [0.2, 0.25) is 0 Å². The third-order valence-corrected chi connectivity index (χ3v) is 8.79. The minimum absolute atomic E-state index is 0.0178. The Morgan fingerprint density at radius 3 is 2.46 bits per heavy atom. The molecule has 0 bridgehead atoms. The zero-order chi connectivity index (χ0) is 24.4. The van der Waals surface area contributed by atoms with Gasteiger partial charge in [0.05, 0.1) is 22.5 Å². The molecule has 1 spiro atoms. The molecule has 3 heterocycles. The number of carbonyl (C=O) groups is 2. The molecule has 0 aromatic carbocycles. The zero-order valence-corrected chi connectivity index (χ0v) is 21.2. The Morgan fingerprint density at radius 1 is 1.09 bits per heavy atom. The summed E-state index contributed by atoms with van der Waals surface area (Å²) in [6, 6.07) is 1.70. The van der Waals surface area contributed by atoms with Gasteiger partial charge in [-0.25, -0.2) is 9.80 Å². The fourth-order valence-corrected chi connectivity index (χ4v) is 6.75. The second-order valence-electron chi connectivity index (χ2n) is 11.2. The highest BCUT2D eigenvalue weighted by atomic mass is 16.5. The minimum atomic E-state index is -0.471. The van der Waals surface area contributed by atoms with E-state index in [-0.39, 0.29) is 17.5 Å². The molecule has 4 aliphatic rings. The highest BCUT2D eigenvalue weighted by molar-refractivity contribution is 6.05. The van der Waals surface area contributed by atoms with E-state index in [0.717, 1.165) is 67.7 Å². The van der Waals surface area contributed by atoms with E-state index in [0.29, 0.717) is 25.6 Å². The van der Waals surface area contributed by atoms with Gasteiger partial charge in [0.25, 0.3) is 5.91 Å². The number of aromatic nitrogens is 1. The molecule has 0 unspecified atom stereocenters. The van der Waals surface area contributed by atoms with E-state index in [1.54, 1.807) is 5.01 Å². The van der Waals surface area contributed by atoms with Crippen LogP contribution in [0.5, 0.6) is 0 Å². The Kier molecular flexibility index (Phi) is 7.19. The van der Waals surface area contributed by atoms with Crippen molar-refractivity contribution in [3.63, 3.8) is 0 Å². The molecule has 2 saturated carbocycles. The molecule has 0 atom stereocenters. The van der Waals surface area contributed by atoms with Crippen molar-refractivity contribution in [3.05, 3.63) is 23.0 Å². The van der Waals surface area contributed by atoms with Gasteiger partial charge in [0, 0.05) is 37.9 Å². The molecule has 3 N–H and O–H groups in total. The Morgan fingerprint density at radius 2 is 1.77 bits per heavy atom. The highest BCUT2D eigenvalue weighted by Gasteiger charge is 2.46. The molecular weight excluding hydrogens is 442 g/mol. The van der Waals surface area contributed by atoms with Crippen molar-refractivity contribution in [2.45, 2.75) is 109 Å². The van der Waals surface area contributed by atoms with Crippen LogP contribution in [-0.2, 0) is 11.3 Å². The summed E-state index contributed by atoms with van der Waals surface area (Å²) in [6.07, 6.45) is 14.0. The molecule has 8 nitrogen and oxygen atoms in total. The zero-order valence-electron chi connectivity index (χ0n) is 21.2. The minimum Gasteiger partial charge on any atom is -0.381 e. The maximum Gasteiger partial charge on any atom is 0.335 e. The van der Waals surface area contributed by atoms with Crippen LogP contribution >= 0.6 is 0 Å². The number of amides is 3. The Bertz CT molecular complexity index is 966. The maximum atomic E-state index is 13.4. The van der Waals surface area contributed by atoms with Gasteiger partial charge < -0.3 is 20.4 Å². The van der Waals surface area contributed by atoms with E-state index in [2.05, 4.69) is 16.8 Å². The molecule has 2 aliphatic heterocycles. The summed E-state index contributed by atoms with van der Waals surface area (Å²) in [5.41, 5.74) is 9.11. The van der Waals surface area contributed by atoms with Crippen molar-refractivity contribution in [2.75, 3.05) is 13.2 Å². The molecule has 1 saturated heterocycles. The second kappa shape index (κ2) is 10.3. The fourth-order valence-electron chi connectivity index (χ4n) is 6.75. The number of nitrogens with zero attached hydrogens (tertiary/aromatic N) is 3. The molecule has 5 rings (SSSR count). The van der Waals surface area contributed by atoms with Crippen molar-refractivity contribution in [2.24, 2.45) is 16.8 Å². The summed E-state index contributed by atoms with van der Waals surface area (Å²) in [5, 5.41) is 9.63. The molecule has 8 heteroatoms. The standard InChI is InChI=1S/C27H41N5O3/c1-19-22(25(33)29-21-10-14-35-15-11-21)16-24(31(19)18-20-8-4-2-5-9-20)23-17-27(12-6-3-7-13-27)32(30-23)26(28)34/h16,20-21H,2-15,17-18H2,1H3,(H2,28,34)(H,29,33). The smallest absolute Gasteiger partial charge is 0.335 e. The highest BCUT2D eigenvalue weighted by Crippen LogP contribution is 2.42. The van der Waals surface area contributed by atoms with Crippen LogP contribution in [0.4, 0.5) is 4.79 Å². The maximum absolute atomic E-state index is 13.4. The summed E-state index contributed by atoms with van der Waals surface area (Å²) in [6.45, 7) is 4.34. The van der Waals surface area contributed by atoms with Crippen LogP contribution in [0.25, 0.3) is 0 Å². The SMILES string of the molecule is Cc1c(C(=O)NC2CCOCC2)cc(C2=NN(C(N)=O)C3(CCCCC3)C2)n1CC1CCCCC1. The second-order valence-corrected chi connectivity index (χ2v) is 11.2. The Balaban J connectivity index is 1.47. The Hall–Kier alpha value is -2.35. The van der Waals surface area contributed by atoms with Crippen LogP contribution in [0, 0.1) is 12.8 Å². The van der Waals surface area contributed by atoms with Crippen molar-refractivity contribution in [3.8, 4) is 0 Å². The number of urea groups is 1. The molecule has 1 aromatic rings. The number of ether oxygens (including phenoxy) is 1. The first-order valence-corrected chi connectivity index (χ1v) is 13.7. The van der Waals surface area contributed by atoms with Gasteiger partial charge in [-0.1, -0.05) is 38.5 Å². The van der Waals surface area contributed by atoms with Gasteiger partial charge in [-0.05, 0) is 57.4 Å². The predicted molar refractivity (Wildman–Crippen MR) is 135 cm³/mol. The number of primary amides is 1. The quantitative estimate of drug-likeness (QED) is 0.646. The first-order chi connectivity index (χ1) is 17.0. The molecule has 192 valence electrons. The average molecular weight is 484 g/mol. The van der Waals surface area contributed by atoms with Crippen LogP contribution < -0.4 is 11.1 Å². The summed E-state index contributed by atoms with van der Waals surface area (Å²) in [5.74, 6) is 0.591. The first kappa shape index (κ1) is 24.3. The lowest BCUT2D eigenvalue weighted by Gasteiger charge is -2.38. The number of hydrogen-bond acceptors (Lipinski definition) is 4. The fraction of sp³-hybridized carbons (Fsp3) is 0.741. The number of nitrogens with two attached hydrogens (primary N) is 1. The van der Waals surface area contributed by atoms with Gasteiger partial charge in [-0.15, -0.1) is 0 Å². The van der Waals surface area contributed by atoms with Crippen molar-refractivity contribution in [1.82, 2.24) is 14.9 Å². The van der Waals surface area contributed by atoms with E-state index >= 15 is 0 Å². The molecule has 35 heavy (non-hydrogen) atoms. The molecule has 2 aliphatic carbocycles. The van der Waals surface area contributed by atoms with E-state index in [9.17, 15) is 9.59 Å². The normalized spacial score (nSPS) is 23.5. The molecule has 3 fully saturated rings. The largest absolute Gasteiger partial charge is 0.381 e. The number of nitrogens with one attached hydrogen (secondary N) is 1. The number of hydrazone groups is 1. The molecule has 0 radical (unpaired) electrons. The van der Waals surface area contributed by atoms with Crippen LogP contribution in [0.1, 0.15) is 105 Å². The lowest BCUT2D eigenvalue weighted by atomic mass is 9.78. The van der Waals surface area contributed by atoms with Gasteiger partial charge in [-0.3, -0.25) is 4.79 Å². The number of hydrogen-bond donors (Lipinski definition) is 2. The van der Waals surface area contributed by atoms with Crippen LogP contribution in [0.2, 0.25) is 0 Å². The lowest BCUT2D eigenvalue weighted by molar-refractivity contribution is 0.0696. The van der Waals surface area contributed by atoms with Crippen molar-refractivity contribution in [1.29, 1.82) is 0 Å². The first-order valence-electron chi connectivity index (χ1n) is 13.7. The number of carbonyl (C=O) groups excluding carboxylic acids is 2. The van der Waals surface area contributed by atoms with E-state index in [1.807, 2.05) is 6.07 Å². The summed E-state index contributed by atoms with van der Waals surface area (Å²) >= 11 is 0. The van der Waals surface area contributed by atoms with Crippen molar-refractivity contribution < 1.29 is 14.3 Å². The van der Waals surface area contributed by atoms with Gasteiger partial charge >= 0.3 is 6.03 Å². The van der Waals surface area contributed by atoms with E-state index < -0.39 is 6.03 Å². The van der Waals surface area contributed by atoms with Crippen molar-refractivity contribution >= 4 is 17.6 Å². The topological polar surface area (TPSA) is 102 Å². The van der Waals surface area contributed by atoms with Gasteiger partial charge in [0.15, 0.2) is 0 Å². The molecule has 3 amide bonds. The van der Waals surface area contributed by atoms with Crippen LogP contribution in [0.15, 0.2) is 11.2 Å². The van der Waals surface area contributed by atoms with E-state index in [4.69, 9.17) is 15.6 Å². The van der Waals surface area contributed by atoms with E-state index in [1.165, 1.54) is 38.5 Å². The van der Waals surface area contributed by atoms with Gasteiger partial charge in [-0.2, -0.15) is 5.10 Å². The molecule has 1 aromatic heterocycles. The summed E-state index contributed by atoms with van der Waals surface area (Å²) < 4.78 is 7.77. The Labute approximate surface area is 208 Å². The predicted octanol–water partition coefficient (Wildman–Crippen LogP) is 4.48. The third kappa shape index (κ3) is 4.99. The summed E-state index contributed by atoms with van der Waals surface area (Å²) in [7, 11) is 0. The average Bonchev–Trinajstić information content (AvgIpc) is 3.39. The number of rotatable bonds is 5. The van der Waals surface area contributed by atoms with Gasteiger partial charge in [0.1, 0.15) is 0 Å². The third-order valence-electron chi connectivity index (χ3n) is 8.79. The molecular formula is C27H41N5O3. The lowest BCUT2D eigenvalue weighted by Crippen LogP contribution is -2.49. The van der Waals surface area contributed by atoms with Crippen LogP contribution in [-0.4, -0.2) is 52.0 Å². The summed E-state index contributed by atoms with van der Waals surface area (Å²) in [4.78, 5) is 25.8. The monoisotopic (exact) mass is 483 g/mol.